The van der Waals surface area contributed by atoms with Gasteiger partial charge >= 0.3 is 12.2 Å². The highest BCUT2D eigenvalue weighted by molar-refractivity contribution is 6.07. The molecule has 3 rings (SSSR count). The molecule has 0 saturated heterocycles. The molecule has 0 unspecified atom stereocenters. The Balaban J connectivity index is 2.03. The molecule has 1 atom stereocenters. The van der Waals surface area contributed by atoms with Crippen LogP contribution in [0.3, 0.4) is 0 Å². The van der Waals surface area contributed by atoms with Crippen molar-refractivity contribution in [2.75, 3.05) is 5.32 Å². The minimum Gasteiger partial charge on any atom is -0.327 e. The molecule has 8 heteroatoms. The molecule has 5 nitrogen and oxygen atoms in total. The van der Waals surface area contributed by atoms with Crippen molar-refractivity contribution in [3.05, 3.63) is 76.0 Å². The van der Waals surface area contributed by atoms with Crippen molar-refractivity contribution in [2.24, 2.45) is 0 Å². The number of urea groups is 1. The lowest BCUT2D eigenvalue weighted by atomic mass is 9.90. The molecule has 0 fully saturated rings. The minimum absolute atomic E-state index is 0.148. The van der Waals surface area contributed by atoms with E-state index in [1.54, 1.807) is 6.92 Å². The summed E-state index contributed by atoms with van der Waals surface area (Å²) in [4.78, 5) is 25.0. The van der Waals surface area contributed by atoms with Gasteiger partial charge in [0, 0.05) is 5.70 Å². The molecule has 0 spiro atoms. The summed E-state index contributed by atoms with van der Waals surface area (Å²) in [6.07, 6.45) is -4.61. The maximum Gasteiger partial charge on any atom is 0.418 e. The number of amides is 3. The van der Waals surface area contributed by atoms with Gasteiger partial charge in [0.1, 0.15) is 0 Å². The molecule has 1 aliphatic rings. The van der Waals surface area contributed by atoms with Crippen molar-refractivity contribution in [2.45, 2.75) is 33.0 Å². The molecule has 1 aliphatic heterocycles. The number of nitrogens with one attached hydrogen (secondary N) is 3. The van der Waals surface area contributed by atoms with E-state index in [1.807, 2.05) is 32.0 Å². The fourth-order valence-electron chi connectivity index (χ4n) is 3.33. The largest absolute Gasteiger partial charge is 0.418 e. The van der Waals surface area contributed by atoms with Gasteiger partial charge in [0.15, 0.2) is 0 Å². The number of hydrogen-bond donors (Lipinski definition) is 3. The van der Waals surface area contributed by atoms with E-state index in [0.717, 1.165) is 17.2 Å². The van der Waals surface area contributed by atoms with E-state index in [2.05, 4.69) is 16.0 Å². The predicted molar refractivity (Wildman–Crippen MR) is 103 cm³/mol. The van der Waals surface area contributed by atoms with Crippen LogP contribution in [0.1, 0.15) is 35.2 Å². The zero-order valence-corrected chi connectivity index (χ0v) is 16.1. The summed E-state index contributed by atoms with van der Waals surface area (Å²) in [6.45, 7) is 5.26. The van der Waals surface area contributed by atoms with Crippen LogP contribution in [0.2, 0.25) is 0 Å². The first-order valence-electron chi connectivity index (χ1n) is 8.91. The third kappa shape index (κ3) is 4.26. The molecule has 0 bridgehead atoms. The van der Waals surface area contributed by atoms with E-state index in [1.165, 1.54) is 18.2 Å². The molecule has 3 N–H and O–H groups in total. The highest BCUT2D eigenvalue weighted by Crippen LogP contribution is 2.36. The maximum atomic E-state index is 13.3. The molecule has 152 valence electrons. The lowest BCUT2D eigenvalue weighted by Crippen LogP contribution is -2.46. The first-order chi connectivity index (χ1) is 13.6. The molecular weight excluding hydrogens is 383 g/mol. The van der Waals surface area contributed by atoms with Gasteiger partial charge < -0.3 is 16.0 Å². The van der Waals surface area contributed by atoms with E-state index >= 15 is 0 Å². The van der Waals surface area contributed by atoms with E-state index in [0.29, 0.717) is 5.56 Å². The van der Waals surface area contributed by atoms with E-state index < -0.39 is 29.7 Å². The number of carbonyl (C=O) groups is 2. The zero-order chi connectivity index (χ0) is 21.3. The Morgan fingerprint density at radius 1 is 1.07 bits per heavy atom. The second kappa shape index (κ2) is 7.62. The van der Waals surface area contributed by atoms with E-state index in [-0.39, 0.29) is 17.0 Å². The van der Waals surface area contributed by atoms with Gasteiger partial charge in [-0.1, -0.05) is 35.9 Å². The molecule has 3 amide bonds. The van der Waals surface area contributed by atoms with Gasteiger partial charge in [-0.2, -0.15) is 13.2 Å². The van der Waals surface area contributed by atoms with Gasteiger partial charge in [-0.25, -0.2) is 4.79 Å². The first kappa shape index (κ1) is 20.4. The molecule has 29 heavy (non-hydrogen) atoms. The van der Waals surface area contributed by atoms with Gasteiger partial charge in [-0.3, -0.25) is 4.79 Å². The highest BCUT2D eigenvalue weighted by atomic mass is 19.4. The number of halogens is 3. The van der Waals surface area contributed by atoms with E-state index in [4.69, 9.17) is 0 Å². The average Bonchev–Trinajstić information content (AvgIpc) is 2.62. The summed E-state index contributed by atoms with van der Waals surface area (Å²) in [7, 11) is 0. The summed E-state index contributed by atoms with van der Waals surface area (Å²) in [5, 5.41) is 7.58. The third-order valence-electron chi connectivity index (χ3n) is 4.74. The van der Waals surface area contributed by atoms with Crippen LogP contribution in [0.5, 0.6) is 0 Å². The lowest BCUT2D eigenvalue weighted by Gasteiger charge is -2.30. The first-order valence-corrected chi connectivity index (χ1v) is 8.91. The monoisotopic (exact) mass is 403 g/mol. The number of aryl methyl sites for hydroxylation is 2. The Morgan fingerprint density at radius 2 is 1.76 bits per heavy atom. The highest BCUT2D eigenvalue weighted by Gasteiger charge is 2.36. The molecule has 2 aromatic carbocycles. The molecule has 0 aliphatic carbocycles. The number of benzene rings is 2. The van der Waals surface area contributed by atoms with Crippen LogP contribution < -0.4 is 16.0 Å². The maximum absolute atomic E-state index is 13.3. The lowest BCUT2D eigenvalue weighted by molar-refractivity contribution is -0.137. The Bertz CT molecular complexity index is 1010. The summed E-state index contributed by atoms with van der Waals surface area (Å²) >= 11 is 0. The Kier molecular flexibility index (Phi) is 5.37. The van der Waals surface area contributed by atoms with Gasteiger partial charge in [0.2, 0.25) is 0 Å². The van der Waals surface area contributed by atoms with Crippen molar-refractivity contribution in [1.82, 2.24) is 10.6 Å². The van der Waals surface area contributed by atoms with Crippen molar-refractivity contribution in [3.63, 3.8) is 0 Å². The van der Waals surface area contributed by atoms with Crippen molar-refractivity contribution in [1.29, 1.82) is 0 Å². The number of allylic oxidation sites excluding steroid dienone is 1. The second-order valence-corrected chi connectivity index (χ2v) is 6.93. The SMILES string of the molecule is CC1=C(C(=O)Nc2ccccc2C(F)(F)F)[C@@H](c2cc(C)ccc2C)NC(=O)N1. The summed E-state index contributed by atoms with van der Waals surface area (Å²) < 4.78 is 39.8. The molecule has 0 saturated carbocycles. The standard InChI is InChI=1S/C21H20F3N3O2/c1-11-8-9-12(2)14(10-11)18-17(13(3)25-20(29)27-18)19(28)26-16-7-5-4-6-15(16)21(22,23)24/h4-10,18H,1-3H3,(H,26,28)(H2,25,27,29)/t18-/m1/s1. The summed E-state index contributed by atoms with van der Waals surface area (Å²) in [5.41, 5.74) is 1.62. The summed E-state index contributed by atoms with van der Waals surface area (Å²) in [6, 6.07) is 9.09. The van der Waals surface area contributed by atoms with Crippen LogP contribution in [-0.4, -0.2) is 11.9 Å². The molecule has 1 heterocycles. The van der Waals surface area contributed by atoms with Crippen LogP contribution in [0, 0.1) is 13.8 Å². The minimum atomic E-state index is -4.61. The fourth-order valence-corrected chi connectivity index (χ4v) is 3.33. The Hall–Kier alpha value is -3.29. The number of hydrogen-bond acceptors (Lipinski definition) is 2. The van der Waals surface area contributed by atoms with Crippen LogP contribution in [-0.2, 0) is 11.0 Å². The predicted octanol–water partition coefficient (Wildman–Crippen LogP) is 4.59. The summed E-state index contributed by atoms with van der Waals surface area (Å²) in [5.74, 6) is -0.724. The number of rotatable bonds is 3. The van der Waals surface area contributed by atoms with Crippen molar-refractivity contribution < 1.29 is 22.8 Å². The Labute approximate surface area is 166 Å². The number of alkyl halides is 3. The third-order valence-corrected chi connectivity index (χ3v) is 4.74. The van der Waals surface area contributed by atoms with Gasteiger partial charge in [-0.05, 0) is 44.0 Å². The molecular formula is C21H20F3N3O2. The normalized spacial score (nSPS) is 16.9. The number of anilines is 1. The van der Waals surface area contributed by atoms with Crippen LogP contribution >= 0.6 is 0 Å². The zero-order valence-electron chi connectivity index (χ0n) is 16.1. The van der Waals surface area contributed by atoms with Crippen molar-refractivity contribution >= 4 is 17.6 Å². The van der Waals surface area contributed by atoms with Gasteiger partial charge in [0.05, 0.1) is 22.9 Å². The molecule has 2 aromatic rings. The van der Waals surface area contributed by atoms with E-state index in [9.17, 15) is 22.8 Å². The quantitative estimate of drug-likeness (QED) is 0.702. The Morgan fingerprint density at radius 3 is 2.45 bits per heavy atom. The van der Waals surface area contributed by atoms with Gasteiger partial charge in [-0.15, -0.1) is 0 Å². The van der Waals surface area contributed by atoms with Crippen LogP contribution in [0.15, 0.2) is 53.7 Å². The smallest absolute Gasteiger partial charge is 0.327 e. The van der Waals surface area contributed by atoms with Crippen molar-refractivity contribution in [3.8, 4) is 0 Å². The number of para-hydroxylation sites is 1. The average molecular weight is 403 g/mol. The van der Waals surface area contributed by atoms with Crippen LogP contribution in [0.4, 0.5) is 23.7 Å². The van der Waals surface area contributed by atoms with Gasteiger partial charge in [0.25, 0.3) is 5.91 Å². The van der Waals surface area contributed by atoms with Crippen LogP contribution in [0.25, 0.3) is 0 Å². The fraction of sp³-hybridized carbons (Fsp3) is 0.238. The topological polar surface area (TPSA) is 70.2 Å². The molecule has 0 radical (unpaired) electrons. The number of carbonyl (C=O) groups excluding carboxylic acids is 2. The second-order valence-electron chi connectivity index (χ2n) is 6.93. The molecule has 0 aromatic heterocycles.